The summed E-state index contributed by atoms with van der Waals surface area (Å²) in [4.78, 5) is 4.56. The highest BCUT2D eigenvalue weighted by Gasteiger charge is 2.30. The van der Waals surface area contributed by atoms with Crippen molar-refractivity contribution in [2.24, 2.45) is 0 Å². The van der Waals surface area contributed by atoms with Crippen molar-refractivity contribution in [1.29, 1.82) is 0 Å². The fraction of sp³-hybridized carbons (Fsp3) is 0.135. The summed E-state index contributed by atoms with van der Waals surface area (Å²) in [7, 11) is 0. The summed E-state index contributed by atoms with van der Waals surface area (Å²) in [6, 6.07) is 103. The lowest BCUT2D eigenvalue weighted by Crippen LogP contribution is -2.13. The number of furan rings is 7. The third kappa shape index (κ3) is 12.5. The number of nitrogens with zero attached hydrogens (tertiary/aromatic N) is 2. The Labute approximate surface area is 678 Å². The van der Waals surface area contributed by atoms with Crippen LogP contribution in [-0.2, 0) is 22.7 Å². The second-order valence-corrected chi connectivity index (χ2v) is 34.2. The molecule has 22 aromatic rings. The minimum atomic E-state index is -0.0236. The summed E-state index contributed by atoms with van der Waals surface area (Å²) in [5.74, 6) is 0. The maximum Gasteiger partial charge on any atom is 0.160 e. The van der Waals surface area contributed by atoms with E-state index >= 15 is 0 Å². The summed E-state index contributed by atoms with van der Waals surface area (Å²) >= 11 is 9.67. The monoisotopic (exact) mass is 1580 g/mol. The van der Waals surface area contributed by atoms with Crippen LogP contribution in [0.1, 0.15) is 97.6 Å². The highest BCUT2D eigenvalue weighted by atomic mass is 79.9. The predicted molar refractivity (Wildman–Crippen MR) is 484 cm³/mol. The summed E-state index contributed by atoms with van der Waals surface area (Å²) in [6.07, 6.45) is 0.890. The molecular formula is C104H82BrClN2O7. The molecule has 0 amide bonds. The van der Waals surface area contributed by atoms with Gasteiger partial charge in [-0.25, -0.2) is 0 Å². The molecule has 0 radical (unpaired) electrons. The molecular weight excluding hydrogens is 1500 g/mol. The smallest absolute Gasteiger partial charge is 0.160 e. The molecule has 0 atom stereocenters. The van der Waals surface area contributed by atoms with Crippen molar-refractivity contribution in [2.45, 2.75) is 92.4 Å². The first-order valence-electron chi connectivity index (χ1n) is 38.7. The van der Waals surface area contributed by atoms with Crippen LogP contribution in [0, 0.1) is 0 Å². The number of hydrogen-bond donors (Lipinski definition) is 0. The van der Waals surface area contributed by atoms with E-state index in [-0.39, 0.29) is 23.7 Å². The number of fused-ring (bicyclic) bond motifs is 23. The molecule has 0 saturated carbocycles. The minimum absolute atomic E-state index is 0. The van der Waals surface area contributed by atoms with Crippen LogP contribution >= 0.6 is 27.5 Å². The molecule has 0 bridgehead atoms. The number of benzene rings is 15. The molecule has 15 aromatic carbocycles. The van der Waals surface area contributed by atoms with Crippen molar-refractivity contribution in [3.63, 3.8) is 0 Å². The van der Waals surface area contributed by atoms with Crippen LogP contribution in [0.3, 0.4) is 0 Å². The van der Waals surface area contributed by atoms with Crippen LogP contribution in [-0.4, -0.2) is 0 Å². The molecule has 0 aliphatic carbocycles. The molecule has 0 aliphatic rings. The lowest BCUT2D eigenvalue weighted by atomic mass is 9.86. The van der Waals surface area contributed by atoms with Gasteiger partial charge in [0, 0.05) is 116 Å². The molecule has 7 heterocycles. The first-order valence-corrected chi connectivity index (χ1v) is 39.9. The molecule has 9 nitrogen and oxygen atoms in total. The lowest BCUT2D eigenvalue weighted by Gasteiger charge is -2.27. The van der Waals surface area contributed by atoms with Gasteiger partial charge in [0.05, 0.1) is 27.2 Å². The van der Waals surface area contributed by atoms with E-state index in [2.05, 4.69) is 300 Å². The molecule has 0 saturated heterocycles. The molecule has 0 aliphatic heterocycles. The Hall–Kier alpha value is -12.7. The Bertz CT molecular complexity index is 7550. The maximum atomic E-state index is 7.16. The lowest BCUT2D eigenvalue weighted by molar-refractivity contribution is 0.590. The Morgan fingerprint density at radius 1 is 0.270 bits per heavy atom. The molecule has 11 heteroatoms. The van der Waals surface area contributed by atoms with Crippen LogP contribution in [0.15, 0.2) is 333 Å². The van der Waals surface area contributed by atoms with E-state index in [0.717, 1.165) is 188 Å². The molecule has 564 valence electrons. The van der Waals surface area contributed by atoms with Gasteiger partial charge >= 0.3 is 0 Å². The van der Waals surface area contributed by atoms with Gasteiger partial charge in [-0.3, -0.25) is 0 Å². The molecule has 7 aromatic heterocycles. The summed E-state index contributed by atoms with van der Waals surface area (Å²) < 4.78 is 46.7. The van der Waals surface area contributed by atoms with Crippen molar-refractivity contribution >= 4 is 215 Å². The molecule has 115 heavy (non-hydrogen) atoms. The average Bonchev–Trinajstić information content (AvgIpc) is 1.58. The maximum absolute atomic E-state index is 7.16. The van der Waals surface area contributed by atoms with Gasteiger partial charge in [0.2, 0.25) is 0 Å². The Morgan fingerprint density at radius 2 is 0.635 bits per heavy atom. The van der Waals surface area contributed by atoms with Crippen LogP contribution in [0.4, 0.5) is 34.1 Å². The fourth-order valence-corrected chi connectivity index (χ4v) is 17.3. The first-order chi connectivity index (χ1) is 55.2. The molecule has 0 fully saturated rings. The first kappa shape index (κ1) is 72.5. The second kappa shape index (κ2) is 27.8. The number of rotatable bonds is 8. The number of anilines is 6. The van der Waals surface area contributed by atoms with Crippen LogP contribution < -0.4 is 9.80 Å². The van der Waals surface area contributed by atoms with Crippen molar-refractivity contribution in [1.82, 2.24) is 0 Å². The average molecular weight is 1590 g/mol. The van der Waals surface area contributed by atoms with Gasteiger partial charge in [-0.15, -0.1) is 0 Å². The van der Waals surface area contributed by atoms with Gasteiger partial charge in [0.25, 0.3) is 0 Å². The zero-order valence-corrected chi connectivity index (χ0v) is 66.8. The zero-order valence-electron chi connectivity index (χ0n) is 64.5. The van der Waals surface area contributed by atoms with E-state index in [1.807, 2.05) is 84.9 Å². The molecule has 0 spiro atoms. The van der Waals surface area contributed by atoms with Gasteiger partial charge in [0.1, 0.15) is 61.4 Å². The van der Waals surface area contributed by atoms with Crippen molar-refractivity contribution in [3.05, 3.63) is 335 Å². The Balaban J connectivity index is 0.000000152. The molecule has 22 rings (SSSR count). The second-order valence-electron chi connectivity index (χ2n) is 32.9. The SMILES string of the molecule is C.CC(C)(C)c1ccc(Cc2cccc3c2oc2ccccc23)cc1.CC(C)(C)c1ccc(N(c2ccc3c(c2)oc2cc(N(c4ccc(C(C)(C)C)cc4)c4cccc5c4oc4ccccc45)c4oc5ccccc5c4c23)c2cccc3c2oc2ccccc23)cc1.Clc1ccc2c(c1)oc1cc(Br)c3oc4ccccc4c3c12. The van der Waals surface area contributed by atoms with Crippen molar-refractivity contribution in [3.8, 4) is 0 Å². The predicted octanol–water partition coefficient (Wildman–Crippen LogP) is 32.8. The molecule has 0 N–H and O–H groups in total. The summed E-state index contributed by atoms with van der Waals surface area (Å²) in [5.41, 5.74) is 23.9. The van der Waals surface area contributed by atoms with Crippen LogP contribution in [0.2, 0.25) is 5.02 Å². The number of para-hydroxylation sites is 8. The van der Waals surface area contributed by atoms with Gasteiger partial charge in [-0.1, -0.05) is 263 Å². The largest absolute Gasteiger partial charge is 0.456 e. The topological polar surface area (TPSA) is 98.5 Å². The van der Waals surface area contributed by atoms with E-state index in [4.69, 9.17) is 42.5 Å². The highest BCUT2D eigenvalue weighted by Crippen LogP contribution is 2.53. The summed E-state index contributed by atoms with van der Waals surface area (Å²) in [5, 5.41) is 15.6. The van der Waals surface area contributed by atoms with E-state index in [1.165, 1.54) is 38.6 Å². The van der Waals surface area contributed by atoms with E-state index < -0.39 is 0 Å². The van der Waals surface area contributed by atoms with Crippen molar-refractivity contribution < 1.29 is 30.9 Å². The fourth-order valence-electron chi connectivity index (χ4n) is 16.7. The number of hydrogen-bond acceptors (Lipinski definition) is 9. The molecule has 0 unspecified atom stereocenters. The summed E-state index contributed by atoms with van der Waals surface area (Å²) in [6.45, 7) is 20.2. The van der Waals surface area contributed by atoms with Gasteiger partial charge in [-0.05, 0) is 157 Å². The normalized spacial score (nSPS) is 12.3. The van der Waals surface area contributed by atoms with Crippen molar-refractivity contribution in [2.75, 3.05) is 9.80 Å². The zero-order chi connectivity index (χ0) is 77.6. The van der Waals surface area contributed by atoms with Crippen LogP contribution in [0.5, 0.6) is 0 Å². The minimum Gasteiger partial charge on any atom is -0.456 e. The van der Waals surface area contributed by atoms with Gasteiger partial charge in [0.15, 0.2) is 16.7 Å². The highest BCUT2D eigenvalue weighted by molar-refractivity contribution is 9.10. The number of halogens is 2. The Morgan fingerprint density at radius 3 is 1.15 bits per heavy atom. The van der Waals surface area contributed by atoms with E-state index in [9.17, 15) is 0 Å². The Kier molecular flexibility index (Phi) is 17.5. The van der Waals surface area contributed by atoms with Gasteiger partial charge < -0.3 is 40.7 Å². The van der Waals surface area contributed by atoms with E-state index in [0.29, 0.717) is 5.02 Å². The third-order valence-electron chi connectivity index (χ3n) is 22.5. The quantitative estimate of drug-likeness (QED) is 0.147. The van der Waals surface area contributed by atoms with Crippen LogP contribution in [0.25, 0.3) is 154 Å². The van der Waals surface area contributed by atoms with E-state index in [1.54, 1.807) is 0 Å². The standard InChI is InChI=1S/C62H48N2O4.C23H22O.C18H8BrClO2.CH4/c1-61(2,3)37-25-29-39(30-26-37)63(48-20-13-18-44-42-15-7-10-22-51(42)66-58(44)48)41-33-34-47-54(35-41)65-55-36-50(60-57(56(47)55)46-17-9-12-24-53(46)68-60)64(40-31-27-38(28-32-40)62(4,5)6)49-21-14-19-45-43-16-8-11-23-52(43)67-59(45)49;1-23(2,3)18-13-11-16(12-14-18)15-17-7-6-9-20-19-8-4-5-10-21(19)24-22(17)20;19-12-8-15-16(11-6-5-9(20)7-14(11)21-15)17-10-3-1-2-4-13(10)22-18(12)17;/h7-36H,1-6H3;4-14H,15H2,1-3H3;1-8H;1H4. The van der Waals surface area contributed by atoms with Gasteiger partial charge in [-0.2, -0.15) is 0 Å². The third-order valence-corrected chi connectivity index (χ3v) is 23.3.